The van der Waals surface area contributed by atoms with Crippen LogP contribution in [0.4, 0.5) is 0 Å². The smallest absolute Gasteiger partial charge is 0.138 e. The molecular weight excluding hydrogens is 202 g/mol. The summed E-state index contributed by atoms with van der Waals surface area (Å²) in [5, 5.41) is 4.62. The normalized spacial score (nSPS) is 15.8. The Morgan fingerprint density at radius 2 is 2.12 bits per heavy atom. The molecule has 0 unspecified atom stereocenters. The number of fused-ring (bicyclic) bond motifs is 3. The lowest BCUT2D eigenvalue weighted by molar-refractivity contribution is 0.414. The van der Waals surface area contributed by atoms with Crippen molar-refractivity contribution in [3.63, 3.8) is 0 Å². The molecule has 1 aromatic carbocycles. The molecule has 1 aromatic heterocycles. The second kappa shape index (κ2) is 3.83. The molecule has 0 amide bonds. The van der Waals surface area contributed by atoms with E-state index in [1.807, 2.05) is 12.1 Å². The Bertz CT molecular complexity index is 516. The van der Waals surface area contributed by atoms with Gasteiger partial charge in [-0.25, -0.2) is 0 Å². The van der Waals surface area contributed by atoms with Crippen molar-refractivity contribution in [2.75, 3.05) is 20.2 Å². The second-order valence-electron chi connectivity index (χ2n) is 4.12. The third-order valence-electron chi connectivity index (χ3n) is 3.16. The fourth-order valence-electron chi connectivity index (χ4n) is 2.32. The van der Waals surface area contributed by atoms with Crippen LogP contribution in [0.25, 0.3) is 11.0 Å². The van der Waals surface area contributed by atoms with Gasteiger partial charge in [0.05, 0.1) is 7.11 Å². The highest BCUT2D eigenvalue weighted by atomic mass is 16.5. The van der Waals surface area contributed by atoms with Crippen molar-refractivity contribution in [3.05, 3.63) is 29.5 Å². The average molecular weight is 217 g/mol. The van der Waals surface area contributed by atoms with Gasteiger partial charge < -0.3 is 14.5 Å². The van der Waals surface area contributed by atoms with Crippen LogP contribution in [0.2, 0.25) is 0 Å². The number of ether oxygens (including phenoxy) is 1. The number of hydrogen-bond acceptors (Lipinski definition) is 3. The van der Waals surface area contributed by atoms with Crippen LogP contribution in [0.1, 0.15) is 11.3 Å². The maximum atomic E-state index is 5.89. The molecule has 0 spiro atoms. The van der Waals surface area contributed by atoms with Gasteiger partial charge in [-0.15, -0.1) is 0 Å². The fourth-order valence-corrected chi connectivity index (χ4v) is 2.32. The SMILES string of the molecule is COc1ccc2c3c(oc2c1)CCNCC3. The van der Waals surface area contributed by atoms with Crippen molar-refractivity contribution in [1.82, 2.24) is 5.32 Å². The highest BCUT2D eigenvalue weighted by Crippen LogP contribution is 2.30. The van der Waals surface area contributed by atoms with Gasteiger partial charge >= 0.3 is 0 Å². The summed E-state index contributed by atoms with van der Waals surface area (Å²) in [7, 11) is 1.68. The molecule has 0 bridgehead atoms. The molecule has 0 radical (unpaired) electrons. The van der Waals surface area contributed by atoms with E-state index in [9.17, 15) is 0 Å². The van der Waals surface area contributed by atoms with E-state index in [4.69, 9.17) is 9.15 Å². The predicted octanol–water partition coefficient (Wildman–Crippen LogP) is 2.13. The fraction of sp³-hybridized carbons (Fsp3) is 0.385. The van der Waals surface area contributed by atoms with Crippen LogP contribution < -0.4 is 10.1 Å². The molecule has 0 saturated carbocycles. The number of nitrogens with one attached hydrogen (secondary N) is 1. The van der Waals surface area contributed by atoms with E-state index in [1.54, 1.807) is 7.11 Å². The molecule has 1 N–H and O–H groups in total. The Hall–Kier alpha value is -1.48. The minimum absolute atomic E-state index is 0.856. The monoisotopic (exact) mass is 217 g/mol. The highest BCUT2D eigenvalue weighted by Gasteiger charge is 2.16. The van der Waals surface area contributed by atoms with Crippen molar-refractivity contribution in [1.29, 1.82) is 0 Å². The highest BCUT2D eigenvalue weighted by molar-refractivity contribution is 5.83. The van der Waals surface area contributed by atoms with E-state index in [-0.39, 0.29) is 0 Å². The number of benzene rings is 1. The van der Waals surface area contributed by atoms with Gasteiger partial charge in [-0.1, -0.05) is 0 Å². The Kier molecular flexibility index (Phi) is 2.33. The molecule has 3 rings (SSSR count). The summed E-state index contributed by atoms with van der Waals surface area (Å²) in [6, 6.07) is 6.07. The molecule has 3 heteroatoms. The van der Waals surface area contributed by atoms with E-state index < -0.39 is 0 Å². The van der Waals surface area contributed by atoms with E-state index in [0.29, 0.717) is 0 Å². The van der Waals surface area contributed by atoms with Crippen LogP contribution in [0.15, 0.2) is 22.6 Å². The third-order valence-corrected chi connectivity index (χ3v) is 3.16. The first-order chi connectivity index (χ1) is 7.88. The van der Waals surface area contributed by atoms with Gasteiger partial charge in [0.1, 0.15) is 17.1 Å². The van der Waals surface area contributed by atoms with Crippen LogP contribution in [0, 0.1) is 0 Å². The van der Waals surface area contributed by atoms with Gasteiger partial charge in [0.15, 0.2) is 0 Å². The minimum Gasteiger partial charge on any atom is -0.497 e. The van der Waals surface area contributed by atoms with Crippen molar-refractivity contribution in [3.8, 4) is 5.75 Å². The number of furan rings is 1. The van der Waals surface area contributed by atoms with Crippen molar-refractivity contribution < 1.29 is 9.15 Å². The Morgan fingerprint density at radius 3 is 3.00 bits per heavy atom. The second-order valence-corrected chi connectivity index (χ2v) is 4.12. The molecule has 84 valence electrons. The van der Waals surface area contributed by atoms with Gasteiger partial charge in [-0.2, -0.15) is 0 Å². The van der Waals surface area contributed by atoms with Crippen LogP contribution in [0.3, 0.4) is 0 Å². The van der Waals surface area contributed by atoms with Crippen molar-refractivity contribution in [2.24, 2.45) is 0 Å². The Balaban J connectivity index is 2.17. The molecule has 2 aromatic rings. The number of rotatable bonds is 1. The molecule has 3 nitrogen and oxygen atoms in total. The first-order valence-electron chi connectivity index (χ1n) is 5.67. The maximum Gasteiger partial charge on any atom is 0.138 e. The molecule has 0 aliphatic carbocycles. The number of methoxy groups -OCH3 is 1. The maximum absolute atomic E-state index is 5.89. The van der Waals surface area contributed by atoms with E-state index in [0.717, 1.165) is 43.0 Å². The molecule has 1 aliphatic rings. The van der Waals surface area contributed by atoms with Crippen molar-refractivity contribution >= 4 is 11.0 Å². The standard InChI is InChI=1S/C13H15NO2/c1-15-9-2-3-10-11-4-6-14-7-5-12(11)16-13(10)8-9/h2-3,8,14H,4-7H2,1H3. The van der Waals surface area contributed by atoms with Crippen LogP contribution in [-0.4, -0.2) is 20.2 Å². The van der Waals surface area contributed by atoms with Crippen LogP contribution in [0.5, 0.6) is 5.75 Å². The van der Waals surface area contributed by atoms with Gasteiger partial charge in [0, 0.05) is 30.0 Å². The predicted molar refractivity (Wildman–Crippen MR) is 63.0 cm³/mol. The minimum atomic E-state index is 0.856. The molecule has 1 aliphatic heterocycles. The first kappa shape index (κ1) is 9.73. The zero-order valence-electron chi connectivity index (χ0n) is 9.38. The van der Waals surface area contributed by atoms with Gasteiger partial charge in [0.25, 0.3) is 0 Å². The summed E-state index contributed by atoms with van der Waals surface area (Å²) in [5.74, 6) is 1.99. The lowest BCUT2D eigenvalue weighted by Gasteiger charge is -1.99. The molecule has 16 heavy (non-hydrogen) atoms. The van der Waals surface area contributed by atoms with E-state index in [2.05, 4.69) is 11.4 Å². The van der Waals surface area contributed by atoms with Crippen LogP contribution >= 0.6 is 0 Å². The molecule has 2 heterocycles. The molecule has 0 atom stereocenters. The molecule has 0 saturated heterocycles. The first-order valence-corrected chi connectivity index (χ1v) is 5.67. The third kappa shape index (κ3) is 1.48. The Labute approximate surface area is 94.4 Å². The zero-order valence-corrected chi connectivity index (χ0v) is 9.38. The topological polar surface area (TPSA) is 34.4 Å². The summed E-state index contributed by atoms with van der Waals surface area (Å²) < 4.78 is 11.1. The van der Waals surface area contributed by atoms with E-state index >= 15 is 0 Å². The lowest BCUT2D eigenvalue weighted by Crippen LogP contribution is -2.16. The largest absolute Gasteiger partial charge is 0.497 e. The molecular formula is C13H15NO2. The average Bonchev–Trinajstić information content (AvgIpc) is 2.50. The summed E-state index contributed by atoms with van der Waals surface area (Å²) in [5.41, 5.74) is 2.31. The van der Waals surface area contributed by atoms with Gasteiger partial charge in [0.2, 0.25) is 0 Å². The number of hydrogen-bond donors (Lipinski definition) is 1. The summed E-state index contributed by atoms with van der Waals surface area (Å²) in [6.45, 7) is 2.04. The summed E-state index contributed by atoms with van der Waals surface area (Å²) in [6.07, 6.45) is 2.03. The Morgan fingerprint density at radius 1 is 1.25 bits per heavy atom. The van der Waals surface area contributed by atoms with E-state index in [1.165, 1.54) is 10.9 Å². The van der Waals surface area contributed by atoms with Crippen molar-refractivity contribution in [2.45, 2.75) is 12.8 Å². The quantitative estimate of drug-likeness (QED) is 0.794. The summed E-state index contributed by atoms with van der Waals surface area (Å²) in [4.78, 5) is 0. The van der Waals surface area contributed by atoms with Crippen LogP contribution in [-0.2, 0) is 12.8 Å². The zero-order chi connectivity index (χ0) is 11.0. The summed E-state index contributed by atoms with van der Waals surface area (Å²) >= 11 is 0. The van der Waals surface area contributed by atoms with Gasteiger partial charge in [-0.3, -0.25) is 0 Å². The van der Waals surface area contributed by atoms with Gasteiger partial charge in [-0.05, 0) is 25.1 Å². The molecule has 0 fully saturated rings. The lowest BCUT2D eigenvalue weighted by atomic mass is 10.1.